The molecule has 6 aromatic heterocycles. The van der Waals surface area contributed by atoms with Crippen LogP contribution in [0.1, 0.15) is 0 Å². The van der Waals surface area contributed by atoms with Crippen molar-refractivity contribution in [2.45, 2.75) is 0 Å². The summed E-state index contributed by atoms with van der Waals surface area (Å²) in [7, 11) is 0. The van der Waals surface area contributed by atoms with Crippen molar-refractivity contribution in [3.8, 4) is 101 Å². The molecule has 0 atom stereocenters. The Morgan fingerprint density at radius 2 is 0.267 bits per heavy atom. The predicted octanol–water partition coefficient (Wildman–Crippen LogP) is 38.9. The maximum atomic E-state index is 2.51. The zero-order chi connectivity index (χ0) is 98.3. The molecule has 0 bridgehead atoms. The molecule has 0 unspecified atom stereocenters. The Hall–Kier alpha value is -19.9. The number of nitrogens with zero attached hydrogens (tertiary/aromatic N) is 6. The van der Waals surface area contributed by atoms with Crippen LogP contribution in [-0.2, 0) is 0 Å². The fourth-order valence-electron chi connectivity index (χ4n) is 25.8. The quantitative estimate of drug-likeness (QED) is 0.117. The molecule has 0 N–H and O–H groups in total. The molecule has 0 aliphatic heterocycles. The third kappa shape index (κ3) is 12.9. The molecule has 6 heterocycles. The molecule has 0 radical (unpaired) electrons. The summed E-state index contributed by atoms with van der Waals surface area (Å²) >= 11 is 0. The number of fused-ring (bicyclic) bond motifs is 9. The van der Waals surface area contributed by atoms with E-state index in [0.717, 1.165) is 17.1 Å². The molecule has 6 heteroatoms. The Bertz CT molecular complexity index is 11100. The molecule has 0 amide bonds. The van der Waals surface area contributed by atoms with Crippen molar-refractivity contribution in [2.24, 2.45) is 0 Å². The SMILES string of the molecule is c1ccc(-c2cc(-c3ccccc3)cc(-n3c4cccc5c6ccccc6c6cccc7c6c6c(c54)c3ccc6n7-c3ccccc3)c2)cc1.c1ccc(-c2ccc(-c3cccc(-n4c5cccc6c7ccccc7c7cccc8c7c7c(c65)c4ccc7n8-c4ccccc4)c3)cc2)cc1.c1ccc(-c2ccccc2-c2cccc(-n3c4cccc5c6ccccc6c6cccc7c6c6c(c54)c3ccc6n7-c3ccccc3)c2)cc1. The zero-order valence-corrected chi connectivity index (χ0v) is 81.6. The fraction of sp³-hybridized carbons (Fsp3) is 0. The van der Waals surface area contributed by atoms with Gasteiger partial charge in [-0.1, -0.05) is 394 Å². The Balaban J connectivity index is 0.000000101. The third-order valence-electron chi connectivity index (χ3n) is 31.9. The molecular weight excluding hydrogens is 1810 g/mol. The van der Waals surface area contributed by atoms with E-state index in [-0.39, 0.29) is 0 Å². The van der Waals surface area contributed by atoms with Gasteiger partial charge < -0.3 is 27.4 Å². The van der Waals surface area contributed by atoms with E-state index in [1.807, 2.05) is 0 Å². The first kappa shape index (κ1) is 84.6. The molecule has 0 saturated heterocycles. The first-order valence-electron chi connectivity index (χ1n) is 51.9. The zero-order valence-electron chi connectivity index (χ0n) is 81.6. The van der Waals surface area contributed by atoms with Crippen LogP contribution in [0.4, 0.5) is 0 Å². The minimum atomic E-state index is 1.15. The van der Waals surface area contributed by atoms with E-state index in [1.165, 1.54) is 279 Å². The van der Waals surface area contributed by atoms with Crippen LogP contribution in [-0.4, -0.2) is 27.4 Å². The van der Waals surface area contributed by atoms with E-state index >= 15 is 0 Å². The van der Waals surface area contributed by atoms with Crippen LogP contribution in [0.5, 0.6) is 0 Å². The van der Waals surface area contributed by atoms with Crippen LogP contribution in [0.2, 0.25) is 0 Å². The minimum absolute atomic E-state index is 1.15. The minimum Gasteiger partial charge on any atom is -0.309 e. The molecule has 0 aliphatic rings. The lowest BCUT2D eigenvalue weighted by atomic mass is 9.94. The van der Waals surface area contributed by atoms with Gasteiger partial charge >= 0.3 is 0 Å². The molecule has 0 spiro atoms. The highest BCUT2D eigenvalue weighted by molar-refractivity contribution is 6.43. The Kier molecular flexibility index (Phi) is 19.1. The highest BCUT2D eigenvalue weighted by atomic mass is 15.0. The summed E-state index contributed by atoms with van der Waals surface area (Å²) in [6, 6.07) is 200. The Labute approximate surface area is 863 Å². The summed E-state index contributed by atoms with van der Waals surface area (Å²) in [5.74, 6) is 0. The number of rotatable bonds is 12. The number of hydrogen-bond donors (Lipinski definition) is 0. The highest BCUT2D eigenvalue weighted by Gasteiger charge is 2.31. The molecular formula is C144H90N6. The molecule has 33 aromatic rings. The average molecular weight is 1900 g/mol. The molecule has 0 saturated carbocycles. The molecule has 27 aromatic carbocycles. The van der Waals surface area contributed by atoms with Crippen molar-refractivity contribution in [3.63, 3.8) is 0 Å². The number of benzene rings is 24. The summed E-state index contributed by atoms with van der Waals surface area (Å²) in [4.78, 5) is 0. The molecule has 6 nitrogen and oxygen atoms in total. The summed E-state index contributed by atoms with van der Waals surface area (Å²) in [5.41, 5.74) is 36.2. The van der Waals surface area contributed by atoms with E-state index in [2.05, 4.69) is 573 Å². The van der Waals surface area contributed by atoms with Gasteiger partial charge in [0.2, 0.25) is 0 Å². The second kappa shape index (κ2) is 33.9. The first-order chi connectivity index (χ1) is 74.5. The number of aromatic nitrogens is 6. The standard InChI is InChI=1S/3C48H30N2/c1-4-14-31(15-5-1)33-28-34(32-16-6-2-7-17-32)30-36(29-33)50-42-25-13-23-40-38-21-11-10-20-37(38)39-22-12-24-41-45(39)47-43(26-27-44(50)48(47)46(40)42)49(41)35-18-8-3-9-19-35;1-3-12-31(13-4-1)32-24-26-33(27-25-32)34-14-9-17-36(30-34)50-42-23-11-21-40-38-19-8-7-18-37(38)39-20-10-22-41-45(39)47-43(28-29-44(50)48(47)46(40)42)49(41)35-15-5-2-6-16-35;1-3-14-31(15-4-1)35-20-7-8-21-36(35)32-16-11-19-34(30-32)50-42-27-13-25-40-38-23-10-9-22-37(38)39-24-12-26-41-45(39)47-43(28-29-44(50)48(47)46(40)42)49(41)33-17-5-2-6-18-33/h3*1-30H. The highest BCUT2D eigenvalue weighted by Crippen LogP contribution is 2.54. The third-order valence-corrected chi connectivity index (χ3v) is 31.9. The van der Waals surface area contributed by atoms with Gasteiger partial charge in [0.25, 0.3) is 0 Å². The topological polar surface area (TPSA) is 29.6 Å². The Morgan fingerprint density at radius 3 is 0.567 bits per heavy atom. The number of para-hydroxylation sites is 3. The summed E-state index contributed by atoms with van der Waals surface area (Å²) in [6.07, 6.45) is 0. The van der Waals surface area contributed by atoms with Gasteiger partial charge in [-0.3, -0.25) is 0 Å². The smallest absolute Gasteiger partial charge is 0.0549 e. The van der Waals surface area contributed by atoms with Crippen LogP contribution < -0.4 is 0 Å². The average Bonchev–Trinajstić information content (AvgIpc) is 1.63. The van der Waals surface area contributed by atoms with Gasteiger partial charge in [-0.05, 0) is 283 Å². The summed E-state index contributed by atoms with van der Waals surface area (Å²) in [6.45, 7) is 0. The van der Waals surface area contributed by atoms with E-state index in [0.29, 0.717) is 0 Å². The van der Waals surface area contributed by atoms with Crippen molar-refractivity contribution >= 4 is 195 Å². The Morgan fingerprint density at radius 1 is 0.0867 bits per heavy atom. The maximum absolute atomic E-state index is 2.51. The van der Waals surface area contributed by atoms with Crippen LogP contribution in [0.15, 0.2) is 546 Å². The van der Waals surface area contributed by atoms with E-state index in [1.54, 1.807) is 0 Å². The van der Waals surface area contributed by atoms with Gasteiger partial charge in [0.05, 0.1) is 66.2 Å². The van der Waals surface area contributed by atoms with Crippen molar-refractivity contribution in [3.05, 3.63) is 546 Å². The van der Waals surface area contributed by atoms with Crippen LogP contribution in [0, 0.1) is 0 Å². The summed E-state index contributed by atoms with van der Waals surface area (Å²) < 4.78 is 14.8. The lowest BCUT2D eigenvalue weighted by Crippen LogP contribution is -1.96. The van der Waals surface area contributed by atoms with Crippen molar-refractivity contribution in [2.75, 3.05) is 0 Å². The fourth-order valence-corrected chi connectivity index (χ4v) is 25.8. The van der Waals surface area contributed by atoms with Gasteiger partial charge in [-0.15, -0.1) is 0 Å². The van der Waals surface area contributed by atoms with E-state index in [4.69, 9.17) is 0 Å². The van der Waals surface area contributed by atoms with Gasteiger partial charge in [0, 0.05) is 98.8 Å². The van der Waals surface area contributed by atoms with Gasteiger partial charge in [-0.25, -0.2) is 0 Å². The van der Waals surface area contributed by atoms with Crippen LogP contribution in [0.25, 0.3) is 296 Å². The van der Waals surface area contributed by atoms with E-state index in [9.17, 15) is 0 Å². The van der Waals surface area contributed by atoms with Crippen molar-refractivity contribution < 1.29 is 0 Å². The van der Waals surface area contributed by atoms with Crippen LogP contribution in [0.3, 0.4) is 0 Å². The van der Waals surface area contributed by atoms with E-state index < -0.39 is 0 Å². The normalized spacial score (nSPS) is 12.0. The van der Waals surface area contributed by atoms with Crippen LogP contribution >= 0.6 is 0 Å². The monoisotopic (exact) mass is 1900 g/mol. The van der Waals surface area contributed by atoms with Gasteiger partial charge in [0.1, 0.15) is 0 Å². The maximum Gasteiger partial charge on any atom is 0.0549 e. The predicted molar refractivity (Wildman–Crippen MR) is 637 cm³/mol. The van der Waals surface area contributed by atoms with Crippen molar-refractivity contribution in [1.82, 2.24) is 27.4 Å². The second-order valence-corrected chi connectivity index (χ2v) is 39.9. The molecule has 0 fully saturated rings. The van der Waals surface area contributed by atoms with Gasteiger partial charge in [0.15, 0.2) is 0 Å². The largest absolute Gasteiger partial charge is 0.309 e. The first-order valence-corrected chi connectivity index (χ1v) is 51.9. The summed E-state index contributed by atoms with van der Waals surface area (Å²) in [5, 5.41) is 31.0. The lowest BCUT2D eigenvalue weighted by Gasteiger charge is -2.14. The molecule has 696 valence electrons. The molecule has 150 heavy (non-hydrogen) atoms. The second-order valence-electron chi connectivity index (χ2n) is 39.9. The van der Waals surface area contributed by atoms with Crippen molar-refractivity contribution in [1.29, 1.82) is 0 Å². The molecule has 0 aliphatic carbocycles. The number of hydrogen-bond acceptors (Lipinski definition) is 0. The lowest BCUT2D eigenvalue weighted by molar-refractivity contribution is 1.17. The molecule has 33 rings (SSSR count). The van der Waals surface area contributed by atoms with Gasteiger partial charge in [-0.2, -0.15) is 0 Å².